The summed E-state index contributed by atoms with van der Waals surface area (Å²) in [7, 11) is -3.59. The van der Waals surface area contributed by atoms with Gasteiger partial charge in [0, 0.05) is 41.7 Å². The van der Waals surface area contributed by atoms with Crippen LogP contribution in [0.25, 0.3) is 0 Å². The average Bonchev–Trinajstić information content (AvgIpc) is 2.83. The number of benzene rings is 2. The van der Waals surface area contributed by atoms with E-state index in [0.29, 0.717) is 46.6 Å². The Hall–Kier alpha value is -2.49. The highest BCUT2D eigenvalue weighted by atomic mass is 35.5. The predicted molar refractivity (Wildman–Crippen MR) is 149 cm³/mol. The number of carbonyl (C=O) groups excluding carboxylic acids is 2. The van der Waals surface area contributed by atoms with Gasteiger partial charge in [0.05, 0.1) is 18.6 Å². The third-order valence-corrected chi connectivity index (χ3v) is 7.62. The van der Waals surface area contributed by atoms with E-state index in [1.807, 2.05) is 20.8 Å². The number of anilines is 1. The fraction of sp³-hybridized carbons (Fsp3) is 0.462. The average molecular weight is 573 g/mol. The largest absolute Gasteiger partial charge is 0.494 e. The van der Waals surface area contributed by atoms with Crippen molar-refractivity contribution in [3.8, 4) is 5.75 Å². The van der Waals surface area contributed by atoms with Gasteiger partial charge in [-0.25, -0.2) is 8.42 Å². The quantitative estimate of drug-likeness (QED) is 0.348. The Morgan fingerprint density at radius 2 is 1.65 bits per heavy atom. The number of amides is 2. The fourth-order valence-corrected chi connectivity index (χ4v) is 5.43. The molecule has 0 radical (unpaired) electrons. The normalized spacial score (nSPS) is 12.1. The summed E-state index contributed by atoms with van der Waals surface area (Å²) in [4.78, 5) is 27.7. The molecule has 0 aliphatic rings. The molecule has 2 rings (SSSR count). The van der Waals surface area contributed by atoms with Crippen LogP contribution >= 0.6 is 23.2 Å². The van der Waals surface area contributed by atoms with E-state index in [2.05, 4.69) is 5.32 Å². The van der Waals surface area contributed by atoms with Crippen molar-refractivity contribution < 1.29 is 22.7 Å². The lowest BCUT2D eigenvalue weighted by Gasteiger charge is -2.31. The number of sulfonamides is 1. The molecule has 0 unspecified atom stereocenters. The molecule has 2 amide bonds. The van der Waals surface area contributed by atoms with E-state index in [9.17, 15) is 18.0 Å². The highest BCUT2D eigenvalue weighted by Crippen LogP contribution is 2.28. The van der Waals surface area contributed by atoms with Crippen molar-refractivity contribution in [1.29, 1.82) is 0 Å². The molecule has 8 nitrogen and oxygen atoms in total. The van der Waals surface area contributed by atoms with Gasteiger partial charge in [-0.3, -0.25) is 13.9 Å². The molecule has 0 spiro atoms. The van der Waals surface area contributed by atoms with Crippen LogP contribution in [0.3, 0.4) is 0 Å². The Morgan fingerprint density at radius 1 is 1.03 bits per heavy atom. The van der Waals surface area contributed by atoms with E-state index < -0.39 is 16.1 Å². The summed E-state index contributed by atoms with van der Waals surface area (Å²) in [5.74, 6) is 0.0719. The van der Waals surface area contributed by atoms with E-state index in [4.69, 9.17) is 27.9 Å². The topological polar surface area (TPSA) is 96.0 Å². The Kier molecular flexibility index (Phi) is 12.0. The number of halogens is 2. The maximum absolute atomic E-state index is 13.4. The maximum atomic E-state index is 13.4. The van der Waals surface area contributed by atoms with Crippen molar-refractivity contribution in [2.24, 2.45) is 0 Å². The molecule has 2 aromatic rings. The van der Waals surface area contributed by atoms with Gasteiger partial charge in [0.1, 0.15) is 11.8 Å². The molecule has 11 heteroatoms. The first-order valence-electron chi connectivity index (χ1n) is 12.2. The molecule has 0 aliphatic carbocycles. The lowest BCUT2D eigenvalue weighted by atomic mass is 10.1. The summed E-state index contributed by atoms with van der Waals surface area (Å²) in [6.07, 6.45) is 1.79. The van der Waals surface area contributed by atoms with Gasteiger partial charge in [-0.1, -0.05) is 36.2 Å². The molecule has 0 fully saturated rings. The van der Waals surface area contributed by atoms with Gasteiger partial charge in [-0.2, -0.15) is 0 Å². The highest BCUT2D eigenvalue weighted by Gasteiger charge is 2.29. The number of nitrogens with zero attached hydrogens (tertiary/aromatic N) is 2. The van der Waals surface area contributed by atoms with Gasteiger partial charge >= 0.3 is 0 Å². The van der Waals surface area contributed by atoms with Crippen LogP contribution in [0.15, 0.2) is 42.5 Å². The Balaban J connectivity index is 2.23. The summed E-state index contributed by atoms with van der Waals surface area (Å²) in [5, 5.41) is 3.58. The zero-order valence-electron chi connectivity index (χ0n) is 21.7. The van der Waals surface area contributed by atoms with Crippen molar-refractivity contribution in [3.05, 3.63) is 58.1 Å². The van der Waals surface area contributed by atoms with Gasteiger partial charge in [0.2, 0.25) is 21.8 Å². The molecule has 37 heavy (non-hydrogen) atoms. The molecule has 2 aromatic carbocycles. The predicted octanol–water partition coefficient (Wildman–Crippen LogP) is 4.88. The first-order valence-corrected chi connectivity index (χ1v) is 14.8. The van der Waals surface area contributed by atoms with Crippen molar-refractivity contribution in [2.45, 2.75) is 52.6 Å². The first-order chi connectivity index (χ1) is 17.5. The van der Waals surface area contributed by atoms with Crippen molar-refractivity contribution in [1.82, 2.24) is 10.2 Å². The fourth-order valence-electron chi connectivity index (χ4n) is 3.94. The smallest absolute Gasteiger partial charge is 0.242 e. The Bertz CT molecular complexity index is 1140. The highest BCUT2D eigenvalue weighted by molar-refractivity contribution is 7.92. The summed E-state index contributed by atoms with van der Waals surface area (Å²) in [6, 6.07) is 11.1. The van der Waals surface area contributed by atoms with Gasteiger partial charge < -0.3 is 15.0 Å². The third kappa shape index (κ3) is 8.79. The molecular formula is C26H35Cl2N3O5S. The first kappa shape index (κ1) is 30.7. The minimum atomic E-state index is -3.59. The summed E-state index contributed by atoms with van der Waals surface area (Å²) >= 11 is 12.7. The summed E-state index contributed by atoms with van der Waals surface area (Å²) in [5.41, 5.74) is 1.03. The van der Waals surface area contributed by atoms with Crippen LogP contribution in [0.2, 0.25) is 10.0 Å². The maximum Gasteiger partial charge on any atom is 0.242 e. The van der Waals surface area contributed by atoms with Gasteiger partial charge in [0.15, 0.2) is 0 Å². The van der Waals surface area contributed by atoms with Crippen LogP contribution in [0.4, 0.5) is 5.69 Å². The van der Waals surface area contributed by atoms with E-state index in [1.54, 1.807) is 42.5 Å². The second-order valence-corrected chi connectivity index (χ2v) is 11.1. The molecule has 0 saturated carbocycles. The van der Waals surface area contributed by atoms with E-state index in [-0.39, 0.29) is 37.7 Å². The minimum absolute atomic E-state index is 0.0288. The van der Waals surface area contributed by atoms with E-state index >= 15 is 0 Å². The Labute approximate surface area is 229 Å². The number of ether oxygens (including phenoxy) is 1. The molecule has 1 N–H and O–H groups in total. The monoisotopic (exact) mass is 571 g/mol. The second kappa shape index (κ2) is 14.4. The number of rotatable bonds is 14. The molecule has 0 aromatic heterocycles. The zero-order chi connectivity index (χ0) is 27.6. The lowest BCUT2D eigenvalue weighted by molar-refractivity contribution is -0.141. The summed E-state index contributed by atoms with van der Waals surface area (Å²) < 4.78 is 31.7. The number of hydrogen-bond donors (Lipinski definition) is 1. The minimum Gasteiger partial charge on any atom is -0.494 e. The number of carbonyl (C=O) groups is 2. The van der Waals surface area contributed by atoms with Crippen LogP contribution in [0, 0.1) is 0 Å². The van der Waals surface area contributed by atoms with Crippen LogP contribution < -0.4 is 14.4 Å². The molecule has 0 aliphatic heterocycles. The standard InChI is InChI=1S/C26H35Cl2N3O5S/c1-5-24(26(33)29-6-2)30(18-21-22(27)10-8-11-23(21)28)25(32)12-9-17-31(37(4,34)35)19-13-15-20(16-14-19)36-7-3/h8,10-11,13-16,24H,5-7,9,12,17-18H2,1-4H3,(H,29,33)/t24-/m0/s1. The van der Waals surface area contributed by atoms with Crippen LogP contribution in [-0.4, -0.2) is 57.1 Å². The van der Waals surface area contributed by atoms with Gasteiger partial charge in [-0.05, 0) is 63.1 Å². The SMILES string of the molecule is CCNC(=O)[C@H](CC)N(Cc1c(Cl)cccc1Cl)C(=O)CCCN(c1ccc(OCC)cc1)S(C)(=O)=O. The zero-order valence-corrected chi connectivity index (χ0v) is 24.0. The van der Waals surface area contributed by atoms with Crippen LogP contribution in [-0.2, 0) is 26.2 Å². The van der Waals surface area contributed by atoms with Crippen molar-refractivity contribution >= 4 is 50.7 Å². The number of hydrogen-bond acceptors (Lipinski definition) is 5. The molecule has 0 heterocycles. The van der Waals surface area contributed by atoms with E-state index in [0.717, 1.165) is 6.26 Å². The lowest BCUT2D eigenvalue weighted by Crippen LogP contribution is -2.49. The number of likely N-dealkylation sites (N-methyl/N-ethyl adjacent to an activating group) is 1. The van der Waals surface area contributed by atoms with Crippen molar-refractivity contribution in [2.75, 3.05) is 30.3 Å². The molecular weight excluding hydrogens is 537 g/mol. The van der Waals surface area contributed by atoms with Gasteiger partial charge in [-0.15, -0.1) is 0 Å². The van der Waals surface area contributed by atoms with Gasteiger partial charge in [0.25, 0.3) is 0 Å². The number of nitrogens with one attached hydrogen (secondary N) is 1. The third-order valence-electron chi connectivity index (χ3n) is 5.71. The molecule has 0 bridgehead atoms. The van der Waals surface area contributed by atoms with E-state index in [1.165, 1.54) is 9.21 Å². The molecule has 204 valence electrons. The van der Waals surface area contributed by atoms with Crippen molar-refractivity contribution in [3.63, 3.8) is 0 Å². The van der Waals surface area contributed by atoms with Crippen LogP contribution in [0.5, 0.6) is 5.75 Å². The molecule has 1 atom stereocenters. The summed E-state index contributed by atoms with van der Waals surface area (Å²) in [6.45, 7) is 6.58. The van der Waals surface area contributed by atoms with Crippen LogP contribution in [0.1, 0.15) is 45.6 Å². The second-order valence-electron chi connectivity index (χ2n) is 8.41. The Morgan fingerprint density at radius 3 is 2.16 bits per heavy atom. The molecule has 0 saturated heterocycles.